The smallest absolute Gasteiger partial charge is 0.122 e. The van der Waals surface area contributed by atoms with Crippen molar-refractivity contribution in [3.8, 4) is 5.75 Å². The molecule has 1 aromatic rings. The standard InChI is InChI=1S/C17H27NO2.ClH/c1-14(2)16-8-4-5-9-17(16)20-13-15(19)12-18-10-6-3-7-11-18;/h4-5,8-9,14-15,19H,3,6-7,10-13H2,1-2H3;1H/p-1. The Labute approximate surface area is 134 Å². The molecule has 4 heteroatoms. The van der Waals surface area contributed by atoms with E-state index in [9.17, 15) is 5.11 Å². The van der Waals surface area contributed by atoms with Crippen molar-refractivity contribution in [1.82, 2.24) is 4.90 Å². The topological polar surface area (TPSA) is 32.7 Å². The summed E-state index contributed by atoms with van der Waals surface area (Å²) in [6, 6.07) is 8.10. The van der Waals surface area contributed by atoms with E-state index in [-0.39, 0.29) is 12.4 Å². The monoisotopic (exact) mass is 312 g/mol. The third kappa shape index (κ3) is 5.85. The summed E-state index contributed by atoms with van der Waals surface area (Å²) in [7, 11) is 0. The summed E-state index contributed by atoms with van der Waals surface area (Å²) in [5, 5.41) is 10.1. The summed E-state index contributed by atoms with van der Waals surface area (Å²) in [6.07, 6.45) is 3.42. The van der Waals surface area contributed by atoms with Crippen LogP contribution in [0.1, 0.15) is 44.6 Å². The van der Waals surface area contributed by atoms with Gasteiger partial charge >= 0.3 is 0 Å². The number of aliphatic hydroxyl groups is 1. The van der Waals surface area contributed by atoms with Gasteiger partial charge in [-0.15, -0.1) is 0 Å². The number of hydrogen-bond donors (Lipinski definition) is 1. The lowest BCUT2D eigenvalue weighted by molar-refractivity contribution is -0.00000666. The first-order valence-corrected chi connectivity index (χ1v) is 7.79. The molecule has 21 heavy (non-hydrogen) atoms. The molecule has 3 nitrogen and oxygen atoms in total. The lowest BCUT2D eigenvalue weighted by atomic mass is 10.0. The molecule has 0 radical (unpaired) electrons. The van der Waals surface area contributed by atoms with E-state index in [1.165, 1.54) is 24.8 Å². The number of ether oxygens (including phenoxy) is 1. The van der Waals surface area contributed by atoms with Crippen molar-refractivity contribution < 1.29 is 22.3 Å². The minimum atomic E-state index is -0.409. The number of piperidine rings is 1. The SMILES string of the molecule is CC(C)c1ccccc1OCC(O)CN1CCCCC1.[Cl-]. The lowest BCUT2D eigenvalue weighted by Gasteiger charge is -2.28. The summed E-state index contributed by atoms with van der Waals surface area (Å²) in [6.45, 7) is 7.64. The Bertz CT molecular complexity index is 406. The first-order chi connectivity index (χ1) is 9.66. The van der Waals surface area contributed by atoms with Gasteiger partial charge in [0.05, 0.1) is 0 Å². The van der Waals surface area contributed by atoms with Crippen LogP contribution in [0.4, 0.5) is 0 Å². The second-order valence-electron chi connectivity index (χ2n) is 6.02. The predicted octanol–water partition coefficient (Wildman–Crippen LogP) is 0.0396. The quantitative estimate of drug-likeness (QED) is 0.805. The van der Waals surface area contributed by atoms with Gasteiger partial charge in [-0.25, -0.2) is 0 Å². The van der Waals surface area contributed by atoms with Gasteiger partial charge in [-0.3, -0.25) is 0 Å². The second kappa shape index (κ2) is 9.29. The maximum Gasteiger partial charge on any atom is 0.122 e. The number of nitrogens with zero attached hydrogens (tertiary/aromatic N) is 1. The highest BCUT2D eigenvalue weighted by molar-refractivity contribution is 5.35. The Kier molecular flexibility index (Phi) is 8.09. The molecule has 0 aliphatic carbocycles. The molecule has 120 valence electrons. The first-order valence-electron chi connectivity index (χ1n) is 7.79. The van der Waals surface area contributed by atoms with Gasteiger partial charge in [-0.1, -0.05) is 38.5 Å². The van der Waals surface area contributed by atoms with Crippen molar-refractivity contribution in [3.05, 3.63) is 29.8 Å². The molecule has 2 rings (SSSR count). The van der Waals surface area contributed by atoms with Crippen LogP contribution < -0.4 is 17.1 Å². The van der Waals surface area contributed by atoms with Crippen molar-refractivity contribution in [3.63, 3.8) is 0 Å². The van der Waals surface area contributed by atoms with Gasteiger partial charge in [-0.2, -0.15) is 0 Å². The number of para-hydroxylation sites is 1. The van der Waals surface area contributed by atoms with Gasteiger partial charge in [0.2, 0.25) is 0 Å². The van der Waals surface area contributed by atoms with Crippen molar-refractivity contribution in [2.45, 2.75) is 45.1 Å². The summed E-state index contributed by atoms with van der Waals surface area (Å²) in [4.78, 5) is 2.34. The Morgan fingerprint density at radius 2 is 1.81 bits per heavy atom. The maximum atomic E-state index is 10.1. The molecule has 1 N–H and O–H groups in total. The molecule has 0 amide bonds. The molecule has 1 aliphatic rings. The van der Waals surface area contributed by atoms with Gasteiger partial charge in [0.1, 0.15) is 18.5 Å². The molecule has 1 unspecified atom stereocenters. The van der Waals surface area contributed by atoms with E-state index in [2.05, 4.69) is 24.8 Å². The van der Waals surface area contributed by atoms with Crippen LogP contribution in [-0.2, 0) is 0 Å². The Morgan fingerprint density at radius 1 is 1.14 bits per heavy atom. The number of halogens is 1. The Hall–Kier alpha value is -0.770. The van der Waals surface area contributed by atoms with Crippen LogP contribution >= 0.6 is 0 Å². The minimum absolute atomic E-state index is 0. The van der Waals surface area contributed by atoms with Crippen LogP contribution in [0.15, 0.2) is 24.3 Å². The fraction of sp³-hybridized carbons (Fsp3) is 0.647. The van der Waals surface area contributed by atoms with Crippen LogP contribution in [0.2, 0.25) is 0 Å². The van der Waals surface area contributed by atoms with Crippen LogP contribution in [0, 0.1) is 0 Å². The lowest BCUT2D eigenvalue weighted by Crippen LogP contribution is -3.00. The highest BCUT2D eigenvalue weighted by Gasteiger charge is 2.15. The Balaban J connectivity index is 0.00000220. The molecule has 1 heterocycles. The molecule has 0 aromatic heterocycles. The van der Waals surface area contributed by atoms with Gasteiger partial charge in [-0.05, 0) is 43.5 Å². The van der Waals surface area contributed by atoms with Gasteiger partial charge in [0.15, 0.2) is 0 Å². The van der Waals surface area contributed by atoms with E-state index in [1.807, 2.05) is 18.2 Å². The molecule has 1 atom stereocenters. The fourth-order valence-corrected chi connectivity index (χ4v) is 2.77. The van der Waals surface area contributed by atoms with Crippen LogP contribution in [0.25, 0.3) is 0 Å². The van der Waals surface area contributed by atoms with E-state index < -0.39 is 6.10 Å². The van der Waals surface area contributed by atoms with Crippen LogP contribution in [0.3, 0.4) is 0 Å². The average molecular weight is 313 g/mol. The summed E-state index contributed by atoms with van der Waals surface area (Å²) in [5.74, 6) is 1.34. The third-order valence-electron chi connectivity index (χ3n) is 3.89. The van der Waals surface area contributed by atoms with Gasteiger partial charge in [0, 0.05) is 6.54 Å². The fourth-order valence-electron chi connectivity index (χ4n) is 2.77. The largest absolute Gasteiger partial charge is 1.00 e. The molecule has 0 saturated carbocycles. The molecular weight excluding hydrogens is 286 g/mol. The summed E-state index contributed by atoms with van der Waals surface area (Å²) >= 11 is 0. The number of hydrogen-bond acceptors (Lipinski definition) is 3. The Morgan fingerprint density at radius 3 is 2.48 bits per heavy atom. The molecule has 0 bridgehead atoms. The van der Waals surface area contributed by atoms with E-state index in [0.29, 0.717) is 12.5 Å². The highest BCUT2D eigenvalue weighted by Crippen LogP contribution is 2.25. The number of aliphatic hydroxyl groups excluding tert-OH is 1. The average Bonchev–Trinajstić information content (AvgIpc) is 2.46. The van der Waals surface area contributed by atoms with Gasteiger partial charge < -0.3 is 27.2 Å². The maximum absolute atomic E-state index is 10.1. The number of rotatable bonds is 6. The molecule has 1 saturated heterocycles. The van der Waals surface area contributed by atoms with Crippen LogP contribution in [-0.4, -0.2) is 42.4 Å². The molecule has 1 aliphatic heterocycles. The summed E-state index contributed by atoms with van der Waals surface area (Å²) < 4.78 is 5.83. The second-order valence-corrected chi connectivity index (χ2v) is 6.02. The minimum Gasteiger partial charge on any atom is -1.00 e. The zero-order chi connectivity index (χ0) is 14.4. The van der Waals surface area contributed by atoms with E-state index in [0.717, 1.165) is 25.4 Å². The molecule has 1 fully saturated rings. The van der Waals surface area contributed by atoms with E-state index in [1.54, 1.807) is 0 Å². The first kappa shape index (κ1) is 18.3. The zero-order valence-corrected chi connectivity index (χ0v) is 13.9. The molecule has 1 aromatic carbocycles. The third-order valence-corrected chi connectivity index (χ3v) is 3.89. The van der Waals surface area contributed by atoms with E-state index in [4.69, 9.17) is 4.74 Å². The molecule has 0 spiro atoms. The van der Waals surface area contributed by atoms with Crippen molar-refractivity contribution >= 4 is 0 Å². The number of β-amino-alcohol motifs (C(OH)–C–C–N with tert-alkyl or cyclic N) is 1. The van der Waals surface area contributed by atoms with Crippen molar-refractivity contribution in [1.29, 1.82) is 0 Å². The van der Waals surface area contributed by atoms with Crippen molar-refractivity contribution in [2.24, 2.45) is 0 Å². The zero-order valence-electron chi connectivity index (χ0n) is 13.1. The van der Waals surface area contributed by atoms with Crippen molar-refractivity contribution in [2.75, 3.05) is 26.2 Å². The molecular formula is C17H27ClNO2-. The van der Waals surface area contributed by atoms with Crippen LogP contribution in [0.5, 0.6) is 5.75 Å². The van der Waals surface area contributed by atoms with E-state index >= 15 is 0 Å². The van der Waals surface area contributed by atoms with Gasteiger partial charge in [0.25, 0.3) is 0 Å². The normalized spacial score (nSPS) is 17.3. The summed E-state index contributed by atoms with van der Waals surface area (Å²) in [5.41, 5.74) is 1.21. The number of benzene rings is 1. The number of likely N-dealkylation sites (tertiary alicyclic amines) is 1. The highest BCUT2D eigenvalue weighted by atomic mass is 35.5. The predicted molar refractivity (Wildman–Crippen MR) is 82.3 cm³/mol.